The number of likely N-dealkylation sites (N-methyl/N-ethyl adjacent to an activating group) is 1. The summed E-state index contributed by atoms with van der Waals surface area (Å²) in [5.41, 5.74) is 0.433. The molecule has 0 amide bonds. The lowest BCUT2D eigenvalue weighted by Crippen LogP contribution is -2.47. The molecule has 1 aliphatic carbocycles. The zero-order chi connectivity index (χ0) is 10.0. The van der Waals surface area contributed by atoms with Crippen LogP contribution in [-0.4, -0.2) is 37.1 Å². The molecule has 0 aromatic heterocycles. The SMILES string of the molecule is CN(CC1CCCC1)C1(C)CCNC1. The van der Waals surface area contributed by atoms with Crippen LogP contribution in [0.3, 0.4) is 0 Å². The van der Waals surface area contributed by atoms with E-state index in [1.165, 1.54) is 51.7 Å². The molecule has 0 bridgehead atoms. The Morgan fingerprint density at radius 1 is 1.36 bits per heavy atom. The van der Waals surface area contributed by atoms with Crippen molar-refractivity contribution in [1.29, 1.82) is 0 Å². The summed E-state index contributed by atoms with van der Waals surface area (Å²) in [6.07, 6.45) is 7.18. The highest BCUT2D eigenvalue weighted by molar-refractivity contribution is 4.93. The minimum Gasteiger partial charge on any atom is -0.315 e. The Kier molecular flexibility index (Phi) is 3.13. The second kappa shape index (κ2) is 4.19. The molecule has 2 rings (SSSR count). The first-order valence-electron chi connectivity index (χ1n) is 6.13. The molecule has 1 heterocycles. The van der Waals surface area contributed by atoms with E-state index in [1.807, 2.05) is 0 Å². The van der Waals surface area contributed by atoms with Crippen LogP contribution in [0.4, 0.5) is 0 Å². The van der Waals surface area contributed by atoms with Crippen LogP contribution in [0.15, 0.2) is 0 Å². The monoisotopic (exact) mass is 196 g/mol. The van der Waals surface area contributed by atoms with E-state index in [-0.39, 0.29) is 0 Å². The van der Waals surface area contributed by atoms with Crippen LogP contribution < -0.4 is 5.32 Å². The first-order chi connectivity index (χ1) is 6.71. The molecule has 1 N–H and O–H groups in total. The van der Waals surface area contributed by atoms with E-state index in [0.717, 1.165) is 5.92 Å². The van der Waals surface area contributed by atoms with Gasteiger partial charge in [0, 0.05) is 18.6 Å². The number of nitrogens with zero attached hydrogens (tertiary/aromatic N) is 1. The van der Waals surface area contributed by atoms with Crippen LogP contribution in [0.5, 0.6) is 0 Å². The molecule has 14 heavy (non-hydrogen) atoms. The maximum Gasteiger partial charge on any atom is 0.0314 e. The molecule has 0 radical (unpaired) electrons. The predicted molar refractivity (Wildman–Crippen MR) is 60.5 cm³/mol. The van der Waals surface area contributed by atoms with Gasteiger partial charge in [0.1, 0.15) is 0 Å². The number of hydrogen-bond acceptors (Lipinski definition) is 2. The number of hydrogen-bond donors (Lipinski definition) is 1. The van der Waals surface area contributed by atoms with Gasteiger partial charge in [0.2, 0.25) is 0 Å². The van der Waals surface area contributed by atoms with Crippen molar-refractivity contribution in [3.05, 3.63) is 0 Å². The minimum absolute atomic E-state index is 0.433. The van der Waals surface area contributed by atoms with Crippen LogP contribution in [-0.2, 0) is 0 Å². The van der Waals surface area contributed by atoms with E-state index in [1.54, 1.807) is 0 Å². The predicted octanol–water partition coefficient (Wildman–Crippen LogP) is 1.86. The van der Waals surface area contributed by atoms with Gasteiger partial charge in [-0.1, -0.05) is 12.8 Å². The van der Waals surface area contributed by atoms with Crippen molar-refractivity contribution in [1.82, 2.24) is 10.2 Å². The summed E-state index contributed by atoms with van der Waals surface area (Å²) in [6, 6.07) is 0. The summed E-state index contributed by atoms with van der Waals surface area (Å²) in [7, 11) is 2.31. The molecule has 82 valence electrons. The smallest absolute Gasteiger partial charge is 0.0314 e. The van der Waals surface area contributed by atoms with E-state index in [2.05, 4.69) is 24.2 Å². The Balaban J connectivity index is 1.84. The van der Waals surface area contributed by atoms with E-state index in [0.29, 0.717) is 5.54 Å². The molecule has 0 aromatic carbocycles. The minimum atomic E-state index is 0.433. The van der Waals surface area contributed by atoms with Gasteiger partial charge in [0.15, 0.2) is 0 Å². The Bertz CT molecular complexity index is 179. The maximum absolute atomic E-state index is 3.48. The second-order valence-electron chi connectivity index (χ2n) is 5.45. The summed E-state index contributed by atoms with van der Waals surface area (Å²) >= 11 is 0. The van der Waals surface area contributed by atoms with Gasteiger partial charge in [-0.05, 0) is 45.7 Å². The van der Waals surface area contributed by atoms with Crippen molar-refractivity contribution in [3.63, 3.8) is 0 Å². The van der Waals surface area contributed by atoms with Crippen LogP contribution in [0.25, 0.3) is 0 Å². The topological polar surface area (TPSA) is 15.3 Å². The molecular weight excluding hydrogens is 172 g/mol. The summed E-state index contributed by atoms with van der Waals surface area (Å²) in [5.74, 6) is 0.984. The maximum atomic E-state index is 3.48. The van der Waals surface area contributed by atoms with Crippen molar-refractivity contribution in [2.75, 3.05) is 26.7 Å². The molecule has 1 unspecified atom stereocenters. The molecule has 0 spiro atoms. The molecular formula is C12H24N2. The fraction of sp³-hybridized carbons (Fsp3) is 1.00. The lowest BCUT2D eigenvalue weighted by Gasteiger charge is -2.36. The van der Waals surface area contributed by atoms with Gasteiger partial charge in [0.25, 0.3) is 0 Å². The van der Waals surface area contributed by atoms with Gasteiger partial charge >= 0.3 is 0 Å². The molecule has 0 aromatic rings. The molecule has 1 aliphatic heterocycles. The Morgan fingerprint density at radius 3 is 2.64 bits per heavy atom. The molecule has 1 saturated carbocycles. The van der Waals surface area contributed by atoms with Gasteiger partial charge in [-0.3, -0.25) is 4.90 Å². The van der Waals surface area contributed by atoms with Gasteiger partial charge in [-0.25, -0.2) is 0 Å². The molecule has 1 saturated heterocycles. The number of nitrogens with one attached hydrogen (secondary N) is 1. The highest BCUT2D eigenvalue weighted by atomic mass is 15.2. The highest BCUT2D eigenvalue weighted by Gasteiger charge is 2.33. The first kappa shape index (κ1) is 10.4. The van der Waals surface area contributed by atoms with Crippen molar-refractivity contribution in [2.45, 2.75) is 44.6 Å². The van der Waals surface area contributed by atoms with Crippen molar-refractivity contribution in [2.24, 2.45) is 5.92 Å². The third-order valence-electron chi connectivity index (χ3n) is 4.27. The summed E-state index contributed by atoms with van der Waals surface area (Å²) < 4.78 is 0. The zero-order valence-corrected chi connectivity index (χ0v) is 9.68. The lowest BCUT2D eigenvalue weighted by molar-refractivity contribution is 0.133. The van der Waals surface area contributed by atoms with Crippen molar-refractivity contribution >= 4 is 0 Å². The summed E-state index contributed by atoms with van der Waals surface area (Å²) in [4.78, 5) is 2.60. The lowest BCUT2D eigenvalue weighted by atomic mass is 9.97. The van der Waals surface area contributed by atoms with E-state index in [4.69, 9.17) is 0 Å². The van der Waals surface area contributed by atoms with Crippen LogP contribution >= 0.6 is 0 Å². The molecule has 2 aliphatic rings. The Hall–Kier alpha value is -0.0800. The fourth-order valence-electron chi connectivity index (χ4n) is 2.93. The quantitative estimate of drug-likeness (QED) is 0.741. The highest BCUT2D eigenvalue weighted by Crippen LogP contribution is 2.29. The standard InChI is InChI=1S/C12H24N2/c1-12(7-8-13-10-12)14(2)9-11-5-3-4-6-11/h11,13H,3-10H2,1-2H3. The van der Waals surface area contributed by atoms with Gasteiger partial charge < -0.3 is 5.32 Å². The van der Waals surface area contributed by atoms with Crippen LogP contribution in [0.2, 0.25) is 0 Å². The molecule has 2 fully saturated rings. The van der Waals surface area contributed by atoms with Gasteiger partial charge in [0.05, 0.1) is 0 Å². The Labute approximate surface area is 88.1 Å². The largest absolute Gasteiger partial charge is 0.315 e. The van der Waals surface area contributed by atoms with Gasteiger partial charge in [-0.2, -0.15) is 0 Å². The van der Waals surface area contributed by atoms with Crippen molar-refractivity contribution in [3.8, 4) is 0 Å². The van der Waals surface area contributed by atoms with E-state index >= 15 is 0 Å². The molecule has 1 atom stereocenters. The first-order valence-corrected chi connectivity index (χ1v) is 6.13. The summed E-state index contributed by atoms with van der Waals surface area (Å²) in [5, 5.41) is 3.48. The van der Waals surface area contributed by atoms with Crippen LogP contribution in [0, 0.1) is 5.92 Å². The van der Waals surface area contributed by atoms with Crippen molar-refractivity contribution < 1.29 is 0 Å². The van der Waals surface area contributed by atoms with Gasteiger partial charge in [-0.15, -0.1) is 0 Å². The Morgan fingerprint density at radius 2 is 2.07 bits per heavy atom. The molecule has 2 nitrogen and oxygen atoms in total. The number of rotatable bonds is 3. The fourth-order valence-corrected chi connectivity index (χ4v) is 2.93. The van der Waals surface area contributed by atoms with E-state index < -0.39 is 0 Å². The molecule has 2 heteroatoms. The average Bonchev–Trinajstić information content (AvgIpc) is 2.76. The zero-order valence-electron chi connectivity index (χ0n) is 9.68. The third-order valence-corrected chi connectivity index (χ3v) is 4.27. The summed E-state index contributed by atoms with van der Waals surface area (Å²) in [6.45, 7) is 6.10. The average molecular weight is 196 g/mol. The van der Waals surface area contributed by atoms with E-state index in [9.17, 15) is 0 Å². The normalized spacial score (nSPS) is 34.5. The van der Waals surface area contributed by atoms with Crippen LogP contribution in [0.1, 0.15) is 39.0 Å². The third kappa shape index (κ3) is 2.12. The second-order valence-corrected chi connectivity index (χ2v) is 5.45.